The van der Waals surface area contributed by atoms with Crippen molar-refractivity contribution in [2.75, 3.05) is 19.6 Å². The van der Waals surface area contributed by atoms with Crippen molar-refractivity contribution in [2.45, 2.75) is 32.8 Å². The van der Waals surface area contributed by atoms with Crippen LogP contribution in [0.5, 0.6) is 5.75 Å². The number of ketones is 1. The Kier molecular flexibility index (Phi) is 6.41. The Morgan fingerprint density at radius 1 is 1.25 bits per heavy atom. The van der Waals surface area contributed by atoms with Crippen molar-refractivity contribution in [2.24, 2.45) is 0 Å². The van der Waals surface area contributed by atoms with Gasteiger partial charge in [0, 0.05) is 37.7 Å². The quantitative estimate of drug-likeness (QED) is 0.699. The molecule has 0 unspecified atom stereocenters. The molecule has 8 heteroatoms. The van der Waals surface area contributed by atoms with Crippen LogP contribution in [0.15, 0.2) is 34.9 Å². The second-order valence-corrected chi connectivity index (χ2v) is 6.64. The number of hydrogen-bond donors (Lipinski definition) is 1. The maximum Gasteiger partial charge on any atom is 0.273 e. The Balaban J connectivity index is 1.44. The molecule has 1 saturated heterocycles. The lowest BCUT2D eigenvalue weighted by Gasteiger charge is -2.26. The number of ether oxygens (including phenoxy) is 1. The lowest BCUT2D eigenvalue weighted by atomic mass is 10.1. The predicted octanol–water partition coefficient (Wildman–Crippen LogP) is 2.20. The molecule has 2 amide bonds. The summed E-state index contributed by atoms with van der Waals surface area (Å²) in [4.78, 5) is 36.9. The summed E-state index contributed by atoms with van der Waals surface area (Å²) < 4.78 is 10.7. The van der Waals surface area contributed by atoms with Gasteiger partial charge in [-0.2, -0.15) is 0 Å². The van der Waals surface area contributed by atoms with Crippen LogP contribution >= 0.6 is 0 Å². The SMILES string of the molecule is CC(=O)c1ccc(OCc2cc(C(=O)NCCN3CCCCC3=O)no2)cc1. The fraction of sp³-hybridized carbons (Fsp3) is 0.400. The monoisotopic (exact) mass is 385 g/mol. The van der Waals surface area contributed by atoms with Gasteiger partial charge in [-0.05, 0) is 44.0 Å². The number of amides is 2. The molecule has 1 aliphatic rings. The molecule has 0 radical (unpaired) electrons. The highest BCUT2D eigenvalue weighted by Gasteiger charge is 2.18. The van der Waals surface area contributed by atoms with E-state index in [1.54, 1.807) is 29.2 Å². The predicted molar refractivity (Wildman–Crippen MR) is 100 cm³/mol. The van der Waals surface area contributed by atoms with Crippen LogP contribution < -0.4 is 10.1 Å². The van der Waals surface area contributed by atoms with Crippen molar-refractivity contribution < 1.29 is 23.6 Å². The van der Waals surface area contributed by atoms with Crippen molar-refractivity contribution in [3.8, 4) is 5.75 Å². The number of hydrogen-bond acceptors (Lipinski definition) is 6. The van der Waals surface area contributed by atoms with E-state index in [1.807, 2.05) is 0 Å². The van der Waals surface area contributed by atoms with Gasteiger partial charge in [-0.25, -0.2) is 0 Å². The molecule has 0 aliphatic carbocycles. The minimum absolute atomic E-state index is 0.0120. The smallest absolute Gasteiger partial charge is 0.273 e. The fourth-order valence-electron chi connectivity index (χ4n) is 2.92. The third kappa shape index (κ3) is 5.18. The molecule has 8 nitrogen and oxygen atoms in total. The summed E-state index contributed by atoms with van der Waals surface area (Å²) in [6, 6.07) is 8.28. The molecule has 0 spiro atoms. The van der Waals surface area contributed by atoms with Crippen molar-refractivity contribution >= 4 is 17.6 Å². The van der Waals surface area contributed by atoms with Crippen LogP contribution in [-0.2, 0) is 11.4 Å². The minimum atomic E-state index is -0.356. The van der Waals surface area contributed by atoms with Crippen LogP contribution in [0.25, 0.3) is 0 Å². The lowest BCUT2D eigenvalue weighted by molar-refractivity contribution is -0.133. The number of rotatable bonds is 8. The lowest BCUT2D eigenvalue weighted by Crippen LogP contribution is -2.41. The number of piperidine rings is 1. The van der Waals surface area contributed by atoms with E-state index in [0.29, 0.717) is 36.6 Å². The van der Waals surface area contributed by atoms with Gasteiger partial charge in [-0.15, -0.1) is 0 Å². The first-order chi connectivity index (χ1) is 13.5. The highest BCUT2D eigenvalue weighted by molar-refractivity contribution is 5.94. The summed E-state index contributed by atoms with van der Waals surface area (Å²) in [5, 5.41) is 6.50. The maximum atomic E-state index is 12.1. The largest absolute Gasteiger partial charge is 0.486 e. The highest BCUT2D eigenvalue weighted by Crippen LogP contribution is 2.15. The molecule has 28 heavy (non-hydrogen) atoms. The van der Waals surface area contributed by atoms with Gasteiger partial charge < -0.3 is 19.5 Å². The first-order valence-corrected chi connectivity index (χ1v) is 9.28. The van der Waals surface area contributed by atoms with Crippen molar-refractivity contribution in [3.05, 3.63) is 47.3 Å². The Labute approximate surface area is 162 Å². The second kappa shape index (κ2) is 9.16. The number of benzene rings is 1. The summed E-state index contributed by atoms with van der Waals surface area (Å²) in [6.07, 6.45) is 2.52. The van der Waals surface area contributed by atoms with Gasteiger partial charge in [0.25, 0.3) is 5.91 Å². The standard InChI is InChI=1S/C20H23N3O5/c1-14(24)15-5-7-16(8-6-15)27-13-17-12-18(22-28-17)20(26)21-9-11-23-10-3-2-4-19(23)25/h5-8,12H,2-4,9-11,13H2,1H3,(H,21,26). The van der Waals surface area contributed by atoms with Gasteiger partial charge >= 0.3 is 0 Å². The summed E-state index contributed by atoms with van der Waals surface area (Å²) >= 11 is 0. The number of nitrogens with zero attached hydrogens (tertiary/aromatic N) is 2. The topological polar surface area (TPSA) is 102 Å². The molecule has 1 aliphatic heterocycles. The zero-order chi connectivity index (χ0) is 19.9. The fourth-order valence-corrected chi connectivity index (χ4v) is 2.92. The van der Waals surface area contributed by atoms with E-state index in [0.717, 1.165) is 19.4 Å². The molecule has 2 heterocycles. The molecular formula is C20H23N3O5. The van der Waals surface area contributed by atoms with Crippen LogP contribution in [0.1, 0.15) is 52.8 Å². The van der Waals surface area contributed by atoms with Crippen LogP contribution in [0.3, 0.4) is 0 Å². The summed E-state index contributed by atoms with van der Waals surface area (Å²) in [5.74, 6) is 0.760. The molecule has 1 fully saturated rings. The van der Waals surface area contributed by atoms with E-state index in [9.17, 15) is 14.4 Å². The molecule has 0 saturated carbocycles. The number of nitrogens with one attached hydrogen (secondary N) is 1. The molecule has 1 N–H and O–H groups in total. The summed E-state index contributed by atoms with van der Waals surface area (Å²) in [5.41, 5.74) is 0.771. The Bertz CT molecular complexity index is 844. The first-order valence-electron chi connectivity index (χ1n) is 9.28. The van der Waals surface area contributed by atoms with Gasteiger partial charge in [0.05, 0.1) is 0 Å². The van der Waals surface area contributed by atoms with Gasteiger partial charge in [-0.1, -0.05) is 5.16 Å². The number of carbonyl (C=O) groups excluding carboxylic acids is 3. The molecule has 1 aromatic heterocycles. The molecule has 2 aromatic rings. The second-order valence-electron chi connectivity index (χ2n) is 6.64. The number of aromatic nitrogens is 1. The third-order valence-electron chi connectivity index (χ3n) is 4.52. The molecule has 148 valence electrons. The maximum absolute atomic E-state index is 12.1. The Morgan fingerprint density at radius 3 is 2.75 bits per heavy atom. The average Bonchev–Trinajstić information content (AvgIpc) is 3.17. The molecule has 0 atom stereocenters. The molecule has 3 rings (SSSR count). The highest BCUT2D eigenvalue weighted by atomic mass is 16.5. The van der Waals surface area contributed by atoms with Crippen LogP contribution in [0.2, 0.25) is 0 Å². The van der Waals surface area contributed by atoms with E-state index in [1.165, 1.54) is 13.0 Å². The molecular weight excluding hydrogens is 362 g/mol. The molecule has 1 aromatic carbocycles. The summed E-state index contributed by atoms with van der Waals surface area (Å²) in [7, 11) is 0. The van der Waals surface area contributed by atoms with E-state index in [-0.39, 0.29) is 29.9 Å². The summed E-state index contributed by atoms with van der Waals surface area (Å²) in [6.45, 7) is 3.22. The zero-order valence-corrected chi connectivity index (χ0v) is 15.8. The number of likely N-dealkylation sites (tertiary alicyclic amines) is 1. The molecule has 0 bridgehead atoms. The van der Waals surface area contributed by atoms with Crippen LogP contribution in [0.4, 0.5) is 0 Å². The normalized spacial score (nSPS) is 14.0. The van der Waals surface area contributed by atoms with Gasteiger partial charge in [0.2, 0.25) is 5.91 Å². The van der Waals surface area contributed by atoms with E-state index in [2.05, 4.69) is 10.5 Å². The van der Waals surface area contributed by atoms with Crippen molar-refractivity contribution in [3.63, 3.8) is 0 Å². The van der Waals surface area contributed by atoms with Gasteiger partial charge in [-0.3, -0.25) is 14.4 Å². The Morgan fingerprint density at radius 2 is 2.04 bits per heavy atom. The number of carbonyl (C=O) groups is 3. The first kappa shape index (κ1) is 19.6. The van der Waals surface area contributed by atoms with Gasteiger partial charge in [0.15, 0.2) is 17.2 Å². The van der Waals surface area contributed by atoms with Crippen LogP contribution in [-0.4, -0.2) is 47.3 Å². The minimum Gasteiger partial charge on any atom is -0.486 e. The van der Waals surface area contributed by atoms with Crippen molar-refractivity contribution in [1.82, 2.24) is 15.4 Å². The van der Waals surface area contributed by atoms with E-state index in [4.69, 9.17) is 9.26 Å². The van der Waals surface area contributed by atoms with E-state index < -0.39 is 0 Å². The zero-order valence-electron chi connectivity index (χ0n) is 15.8. The third-order valence-corrected chi connectivity index (χ3v) is 4.52. The number of Topliss-reactive ketones (excluding diaryl/α,β-unsaturated/α-hetero) is 1. The Hall–Kier alpha value is -3.16. The van der Waals surface area contributed by atoms with Crippen LogP contribution in [0, 0.1) is 0 Å². The van der Waals surface area contributed by atoms with Gasteiger partial charge in [0.1, 0.15) is 12.4 Å². The van der Waals surface area contributed by atoms with E-state index >= 15 is 0 Å². The van der Waals surface area contributed by atoms with Crippen molar-refractivity contribution in [1.29, 1.82) is 0 Å². The average molecular weight is 385 g/mol.